The summed E-state index contributed by atoms with van der Waals surface area (Å²) in [6, 6.07) is 28.4. The van der Waals surface area contributed by atoms with Gasteiger partial charge in [0.25, 0.3) is 11.8 Å². The average molecular weight is 623 g/mol. The van der Waals surface area contributed by atoms with Gasteiger partial charge in [0.2, 0.25) is 0 Å². The van der Waals surface area contributed by atoms with Gasteiger partial charge in [-0.3, -0.25) is 14.4 Å². The predicted octanol–water partition coefficient (Wildman–Crippen LogP) is 6.10. The first-order chi connectivity index (χ1) is 22.7. The second-order valence-electron chi connectivity index (χ2n) is 11.9. The minimum atomic E-state index is -1.18. The number of carboxylic acids is 1. The lowest BCUT2D eigenvalue weighted by molar-refractivity contribution is -0.129. The molecular weight excluding hydrogens is 588 g/mol. The monoisotopic (exact) mass is 622 g/mol. The van der Waals surface area contributed by atoms with E-state index < -0.39 is 5.97 Å². The van der Waals surface area contributed by atoms with Gasteiger partial charge in [-0.2, -0.15) is 0 Å². The highest BCUT2D eigenvalue weighted by atomic mass is 16.4. The Balaban J connectivity index is 1.39. The fourth-order valence-electron chi connectivity index (χ4n) is 6.41. The third-order valence-corrected chi connectivity index (χ3v) is 8.55. The van der Waals surface area contributed by atoms with Crippen molar-refractivity contribution >= 4 is 62.5 Å². The molecule has 0 fully saturated rings. The van der Waals surface area contributed by atoms with Crippen LogP contribution in [-0.2, 0) is 17.6 Å². The molecular formula is C40H34N2O5. The number of fused-ring (bicyclic) bond motifs is 2. The maximum atomic E-state index is 13.5. The second kappa shape index (κ2) is 13.3. The molecule has 6 aromatic carbocycles. The molecule has 0 heterocycles. The van der Waals surface area contributed by atoms with Gasteiger partial charge in [-0.15, -0.1) is 0 Å². The normalized spacial score (nSPS) is 11.7. The molecule has 0 atom stereocenters. The number of nitrogens with one attached hydrogen (secondary N) is 2. The molecule has 0 aliphatic carbocycles. The second-order valence-corrected chi connectivity index (χ2v) is 11.9. The molecule has 0 aliphatic heterocycles. The Morgan fingerprint density at radius 3 is 1.85 bits per heavy atom. The number of aldehydes is 1. The van der Waals surface area contributed by atoms with Crippen LogP contribution in [0.15, 0.2) is 91.0 Å². The molecule has 3 N–H and O–H groups in total. The minimum absolute atomic E-state index is 0.250. The number of aliphatic carboxylic acids is 1. The van der Waals surface area contributed by atoms with E-state index in [0.29, 0.717) is 58.4 Å². The van der Waals surface area contributed by atoms with Crippen molar-refractivity contribution in [2.24, 2.45) is 0 Å². The smallest absolute Gasteiger partial charge is 0.328 e. The Labute approximate surface area is 271 Å². The Bertz CT molecular complexity index is 2270. The van der Waals surface area contributed by atoms with Gasteiger partial charge in [0.15, 0.2) is 6.29 Å². The van der Waals surface area contributed by atoms with Crippen LogP contribution in [-0.4, -0.2) is 42.3 Å². The van der Waals surface area contributed by atoms with Gasteiger partial charge in [-0.1, -0.05) is 83.9 Å². The quantitative estimate of drug-likeness (QED) is 0.0971. The van der Waals surface area contributed by atoms with Gasteiger partial charge in [-0.25, -0.2) is 4.79 Å². The molecule has 0 aliphatic rings. The maximum absolute atomic E-state index is 13.5. The van der Waals surface area contributed by atoms with Crippen molar-refractivity contribution in [3.63, 3.8) is 0 Å². The van der Waals surface area contributed by atoms with E-state index in [-0.39, 0.29) is 17.4 Å². The number of benzene rings is 6. The molecule has 6 rings (SSSR count). The Morgan fingerprint density at radius 2 is 1.26 bits per heavy atom. The summed E-state index contributed by atoms with van der Waals surface area (Å²) in [4.78, 5) is 51.1. The molecule has 0 radical (unpaired) electrons. The standard InChI is InChI=1S/C40H34N2O5/c1-24-5-3-7-26(19-24)15-17-41-39(46)32-14-13-30-31-11-10-29(23-43)38-33(40(47)42-18-16-27-8-4-6-25(2)20-27)12-9-28(37(31)38)21-34(30)35(32)22-36(44)45/h3-14,19-23H,15-18H2,1-2H3,(H,41,46)(H,42,47)(H,44,45)/b35-22+. The fourth-order valence-corrected chi connectivity index (χ4v) is 6.41. The molecule has 0 aromatic heterocycles. The zero-order valence-corrected chi connectivity index (χ0v) is 26.2. The van der Waals surface area contributed by atoms with Gasteiger partial charge >= 0.3 is 5.97 Å². The van der Waals surface area contributed by atoms with E-state index in [9.17, 15) is 24.3 Å². The van der Waals surface area contributed by atoms with Crippen molar-refractivity contribution in [1.82, 2.24) is 10.6 Å². The summed E-state index contributed by atoms with van der Waals surface area (Å²) in [5.41, 5.74) is 5.53. The molecule has 234 valence electrons. The van der Waals surface area contributed by atoms with E-state index in [4.69, 9.17) is 0 Å². The summed E-state index contributed by atoms with van der Waals surface area (Å²) in [7, 11) is 0. The molecule has 6 aromatic rings. The van der Waals surface area contributed by atoms with Crippen LogP contribution in [0.3, 0.4) is 0 Å². The number of amides is 2. The third kappa shape index (κ3) is 6.47. The number of aryl methyl sites for hydroxylation is 2. The van der Waals surface area contributed by atoms with Crippen LogP contribution in [0.2, 0.25) is 0 Å². The number of rotatable bonds is 10. The van der Waals surface area contributed by atoms with Gasteiger partial charge in [0.1, 0.15) is 0 Å². The van der Waals surface area contributed by atoms with Crippen molar-refractivity contribution in [2.45, 2.75) is 26.7 Å². The zero-order valence-electron chi connectivity index (χ0n) is 26.2. The summed E-state index contributed by atoms with van der Waals surface area (Å²) >= 11 is 0. The summed E-state index contributed by atoms with van der Waals surface area (Å²) in [6.07, 6.45) is 3.11. The Morgan fingerprint density at radius 1 is 0.660 bits per heavy atom. The highest BCUT2D eigenvalue weighted by Gasteiger charge is 2.19. The molecule has 0 saturated heterocycles. The average Bonchev–Trinajstić information content (AvgIpc) is 3.05. The van der Waals surface area contributed by atoms with Crippen LogP contribution in [0.4, 0.5) is 0 Å². The Kier molecular flexibility index (Phi) is 8.80. The van der Waals surface area contributed by atoms with Gasteiger partial charge in [0.05, 0.1) is 0 Å². The third-order valence-electron chi connectivity index (χ3n) is 8.55. The van der Waals surface area contributed by atoms with E-state index in [0.717, 1.165) is 50.8 Å². The lowest BCUT2D eigenvalue weighted by Gasteiger charge is -2.16. The lowest BCUT2D eigenvalue weighted by atomic mass is 9.88. The maximum Gasteiger partial charge on any atom is 0.328 e. The highest BCUT2D eigenvalue weighted by molar-refractivity contribution is 6.28. The van der Waals surface area contributed by atoms with E-state index >= 15 is 0 Å². The van der Waals surface area contributed by atoms with Crippen LogP contribution < -0.4 is 15.9 Å². The highest BCUT2D eigenvalue weighted by Crippen LogP contribution is 2.36. The van der Waals surface area contributed by atoms with Crippen molar-refractivity contribution in [2.75, 3.05) is 13.1 Å². The van der Waals surface area contributed by atoms with Gasteiger partial charge < -0.3 is 15.7 Å². The Hall–Kier alpha value is -5.82. The summed E-state index contributed by atoms with van der Waals surface area (Å²) in [6.45, 7) is 4.87. The number of hydrogen-bond donors (Lipinski definition) is 3. The van der Waals surface area contributed by atoms with Crippen molar-refractivity contribution in [3.05, 3.63) is 135 Å². The molecule has 0 saturated carbocycles. The van der Waals surface area contributed by atoms with Crippen molar-refractivity contribution < 1.29 is 24.3 Å². The molecule has 7 heteroatoms. The first kappa shape index (κ1) is 31.2. The van der Waals surface area contributed by atoms with Crippen molar-refractivity contribution in [1.29, 1.82) is 0 Å². The first-order valence-electron chi connectivity index (χ1n) is 15.6. The number of carbonyl (C=O) groups excluding carboxylic acids is 3. The molecule has 0 unspecified atom stereocenters. The van der Waals surface area contributed by atoms with Crippen LogP contribution in [0.25, 0.3) is 38.4 Å². The van der Waals surface area contributed by atoms with Crippen molar-refractivity contribution in [3.8, 4) is 0 Å². The first-order valence-corrected chi connectivity index (χ1v) is 15.6. The van der Waals surface area contributed by atoms with Gasteiger partial charge in [0, 0.05) is 46.5 Å². The van der Waals surface area contributed by atoms with E-state index in [1.54, 1.807) is 30.3 Å². The van der Waals surface area contributed by atoms with E-state index in [1.807, 2.05) is 62.4 Å². The number of carboxylic acid groups (broad SMARTS) is 1. The molecule has 7 nitrogen and oxygen atoms in total. The van der Waals surface area contributed by atoms with Crippen LogP contribution in [0.5, 0.6) is 0 Å². The summed E-state index contributed by atoms with van der Waals surface area (Å²) in [5, 5.41) is 20.1. The predicted molar refractivity (Wildman–Crippen MR) is 186 cm³/mol. The number of carbonyl (C=O) groups is 4. The molecule has 2 amide bonds. The molecule has 0 bridgehead atoms. The lowest BCUT2D eigenvalue weighted by Crippen LogP contribution is -2.31. The van der Waals surface area contributed by atoms with E-state index in [1.165, 1.54) is 0 Å². The SMILES string of the molecule is Cc1cccc(CCNC(=O)c2ccc3c(cc4ccc(C(=O)NCCc5cccc(C)c5)c5c(C=O)ccc3c45)/c2=C/C(=O)O)c1. The molecule has 47 heavy (non-hydrogen) atoms. The zero-order chi connectivity index (χ0) is 33.1. The summed E-state index contributed by atoms with van der Waals surface area (Å²) in [5.74, 6) is -1.83. The van der Waals surface area contributed by atoms with Crippen LogP contribution >= 0.6 is 0 Å². The fraction of sp³-hybridized carbons (Fsp3) is 0.150. The van der Waals surface area contributed by atoms with Gasteiger partial charge in [-0.05, 0) is 82.9 Å². The molecule has 0 spiro atoms. The largest absolute Gasteiger partial charge is 0.478 e. The minimum Gasteiger partial charge on any atom is -0.478 e. The topological polar surface area (TPSA) is 113 Å². The van der Waals surface area contributed by atoms with E-state index in [2.05, 4.69) is 22.8 Å². The van der Waals surface area contributed by atoms with Crippen LogP contribution in [0, 0.1) is 13.8 Å². The van der Waals surface area contributed by atoms with Crippen LogP contribution in [0.1, 0.15) is 53.3 Å². The summed E-state index contributed by atoms with van der Waals surface area (Å²) < 4.78 is 0. The number of hydrogen-bond acceptors (Lipinski definition) is 4.